The summed E-state index contributed by atoms with van der Waals surface area (Å²) in [5.74, 6) is 0.723. The van der Waals surface area contributed by atoms with Crippen LogP contribution < -0.4 is 10.0 Å². The summed E-state index contributed by atoms with van der Waals surface area (Å²) in [5.41, 5.74) is 0. The molecule has 98 valence electrons. The second kappa shape index (κ2) is 8.03. The molecule has 16 heavy (non-hydrogen) atoms. The third kappa shape index (κ3) is 9.12. The normalized spacial score (nSPS) is 16.0. The van der Waals surface area contributed by atoms with Crippen LogP contribution in [0.25, 0.3) is 0 Å². The molecule has 4 nitrogen and oxygen atoms in total. The van der Waals surface area contributed by atoms with Gasteiger partial charge in [-0.1, -0.05) is 27.2 Å². The highest BCUT2D eigenvalue weighted by atomic mass is 32.2. The van der Waals surface area contributed by atoms with Gasteiger partial charge in [-0.25, -0.2) is 13.1 Å². The quantitative estimate of drug-likeness (QED) is 0.607. The summed E-state index contributed by atoms with van der Waals surface area (Å²) in [6, 6.07) is 0.497. The van der Waals surface area contributed by atoms with Crippen molar-refractivity contribution in [1.82, 2.24) is 10.0 Å². The van der Waals surface area contributed by atoms with Crippen molar-refractivity contribution in [3.63, 3.8) is 0 Å². The van der Waals surface area contributed by atoms with Crippen LogP contribution >= 0.6 is 0 Å². The molecule has 2 N–H and O–H groups in total. The molecule has 0 saturated heterocycles. The van der Waals surface area contributed by atoms with Gasteiger partial charge in [-0.15, -0.1) is 0 Å². The highest BCUT2D eigenvalue weighted by Gasteiger charge is 2.09. The van der Waals surface area contributed by atoms with E-state index in [0.29, 0.717) is 19.1 Å². The molecule has 0 aliphatic heterocycles. The second-order valence-electron chi connectivity index (χ2n) is 4.47. The van der Waals surface area contributed by atoms with E-state index in [1.807, 2.05) is 0 Å². The molecular weight excluding hydrogens is 224 g/mol. The Bertz CT molecular complexity index is 265. The van der Waals surface area contributed by atoms with Gasteiger partial charge < -0.3 is 5.32 Å². The molecule has 0 aliphatic carbocycles. The lowest BCUT2D eigenvalue weighted by Gasteiger charge is -2.20. The Hall–Kier alpha value is -0.130. The van der Waals surface area contributed by atoms with Crippen LogP contribution in [0.4, 0.5) is 0 Å². The molecular formula is C11H26N2O2S. The van der Waals surface area contributed by atoms with Crippen LogP contribution in [0.5, 0.6) is 0 Å². The average Bonchev–Trinajstić information content (AvgIpc) is 2.20. The Kier molecular flexibility index (Phi) is 7.97. The van der Waals surface area contributed by atoms with E-state index in [9.17, 15) is 8.42 Å². The van der Waals surface area contributed by atoms with Crippen molar-refractivity contribution in [2.24, 2.45) is 5.92 Å². The van der Waals surface area contributed by atoms with Crippen LogP contribution in [0.1, 0.15) is 40.0 Å². The Morgan fingerprint density at radius 1 is 1.12 bits per heavy atom. The maximum absolute atomic E-state index is 10.8. The zero-order valence-electron chi connectivity index (χ0n) is 10.9. The fourth-order valence-corrected chi connectivity index (χ4v) is 2.03. The summed E-state index contributed by atoms with van der Waals surface area (Å²) >= 11 is 0. The molecule has 0 radical (unpaired) electrons. The van der Waals surface area contributed by atoms with Crippen LogP contribution in [-0.4, -0.2) is 33.8 Å². The molecule has 0 spiro atoms. The summed E-state index contributed by atoms with van der Waals surface area (Å²) < 4.78 is 24.1. The monoisotopic (exact) mass is 250 g/mol. The molecule has 0 amide bonds. The molecule has 0 heterocycles. The molecule has 0 bridgehead atoms. The number of hydrogen-bond acceptors (Lipinski definition) is 3. The summed E-state index contributed by atoms with van der Waals surface area (Å²) in [4.78, 5) is 0. The molecule has 2 atom stereocenters. The number of hydrogen-bond donors (Lipinski definition) is 2. The van der Waals surface area contributed by atoms with Gasteiger partial charge in [0.1, 0.15) is 0 Å². The van der Waals surface area contributed by atoms with Crippen LogP contribution in [0, 0.1) is 5.92 Å². The smallest absolute Gasteiger partial charge is 0.208 e. The lowest BCUT2D eigenvalue weighted by Crippen LogP contribution is -2.37. The summed E-state index contributed by atoms with van der Waals surface area (Å²) in [6.45, 7) is 7.77. The lowest BCUT2D eigenvalue weighted by molar-refractivity contribution is 0.387. The van der Waals surface area contributed by atoms with Crippen LogP contribution in [-0.2, 0) is 10.0 Å². The second-order valence-corrected chi connectivity index (χ2v) is 6.31. The van der Waals surface area contributed by atoms with Crippen molar-refractivity contribution >= 4 is 10.0 Å². The van der Waals surface area contributed by atoms with E-state index in [-0.39, 0.29) is 0 Å². The zero-order valence-corrected chi connectivity index (χ0v) is 11.7. The molecule has 0 aromatic rings. The van der Waals surface area contributed by atoms with Gasteiger partial charge in [-0.2, -0.15) is 0 Å². The zero-order chi connectivity index (χ0) is 12.6. The maximum atomic E-state index is 10.8. The van der Waals surface area contributed by atoms with Crippen LogP contribution in [0.3, 0.4) is 0 Å². The minimum Gasteiger partial charge on any atom is -0.313 e. The standard InChI is InChI=1S/C11H26N2O2S/c1-5-10(3)9-11(6-2)12-7-8-13-16(4,14)15/h10-13H,5-9H2,1-4H3. The van der Waals surface area contributed by atoms with Gasteiger partial charge in [0.2, 0.25) is 10.0 Å². The summed E-state index contributed by atoms with van der Waals surface area (Å²) in [6.07, 6.45) is 4.62. The predicted molar refractivity (Wildman–Crippen MR) is 69.0 cm³/mol. The van der Waals surface area contributed by atoms with Crippen molar-refractivity contribution in [1.29, 1.82) is 0 Å². The average molecular weight is 250 g/mol. The summed E-state index contributed by atoms with van der Waals surface area (Å²) in [7, 11) is -3.05. The molecule has 0 saturated carbocycles. The predicted octanol–water partition coefficient (Wildman–Crippen LogP) is 1.34. The first-order chi connectivity index (χ1) is 7.39. The number of rotatable bonds is 9. The number of nitrogens with one attached hydrogen (secondary N) is 2. The van der Waals surface area contributed by atoms with Gasteiger partial charge >= 0.3 is 0 Å². The summed E-state index contributed by atoms with van der Waals surface area (Å²) in [5, 5.41) is 3.38. The SMILES string of the molecule is CCC(C)CC(CC)NCCNS(C)(=O)=O. The third-order valence-corrected chi connectivity index (χ3v) is 3.53. The Balaban J connectivity index is 3.71. The third-order valence-electron chi connectivity index (χ3n) is 2.80. The minimum absolute atomic E-state index is 0.468. The van der Waals surface area contributed by atoms with Gasteiger partial charge in [0.15, 0.2) is 0 Å². The first kappa shape index (κ1) is 15.9. The van der Waals surface area contributed by atoms with Crippen molar-refractivity contribution < 1.29 is 8.42 Å². The molecule has 0 rings (SSSR count). The highest BCUT2D eigenvalue weighted by Crippen LogP contribution is 2.11. The van der Waals surface area contributed by atoms with E-state index < -0.39 is 10.0 Å². The maximum Gasteiger partial charge on any atom is 0.208 e. The first-order valence-electron chi connectivity index (χ1n) is 6.07. The number of sulfonamides is 1. The van der Waals surface area contributed by atoms with E-state index in [4.69, 9.17) is 0 Å². The molecule has 0 aromatic heterocycles. The van der Waals surface area contributed by atoms with E-state index >= 15 is 0 Å². The molecule has 5 heteroatoms. The fraction of sp³-hybridized carbons (Fsp3) is 1.00. The van der Waals surface area contributed by atoms with E-state index in [1.165, 1.54) is 12.7 Å². The van der Waals surface area contributed by atoms with Gasteiger partial charge in [-0.3, -0.25) is 0 Å². The Morgan fingerprint density at radius 3 is 2.19 bits per heavy atom. The van der Waals surface area contributed by atoms with E-state index in [0.717, 1.165) is 18.8 Å². The van der Waals surface area contributed by atoms with Gasteiger partial charge in [0.25, 0.3) is 0 Å². The lowest BCUT2D eigenvalue weighted by atomic mass is 9.98. The van der Waals surface area contributed by atoms with Crippen molar-refractivity contribution in [3.8, 4) is 0 Å². The van der Waals surface area contributed by atoms with Crippen molar-refractivity contribution in [2.75, 3.05) is 19.3 Å². The topological polar surface area (TPSA) is 58.2 Å². The van der Waals surface area contributed by atoms with Gasteiger partial charge in [-0.05, 0) is 18.8 Å². The Morgan fingerprint density at radius 2 is 1.75 bits per heavy atom. The molecule has 0 fully saturated rings. The van der Waals surface area contributed by atoms with Crippen LogP contribution in [0.2, 0.25) is 0 Å². The van der Waals surface area contributed by atoms with Crippen molar-refractivity contribution in [2.45, 2.75) is 46.1 Å². The molecule has 0 aliphatic rings. The van der Waals surface area contributed by atoms with E-state index in [1.54, 1.807) is 0 Å². The van der Waals surface area contributed by atoms with Gasteiger partial charge in [0, 0.05) is 19.1 Å². The first-order valence-corrected chi connectivity index (χ1v) is 7.96. The van der Waals surface area contributed by atoms with Crippen LogP contribution in [0.15, 0.2) is 0 Å². The largest absolute Gasteiger partial charge is 0.313 e. The Labute approximate surface area is 100 Å². The molecule has 2 unspecified atom stereocenters. The minimum atomic E-state index is -3.05. The van der Waals surface area contributed by atoms with Crippen molar-refractivity contribution in [3.05, 3.63) is 0 Å². The van der Waals surface area contributed by atoms with E-state index in [2.05, 4.69) is 30.8 Å². The van der Waals surface area contributed by atoms with Gasteiger partial charge in [0.05, 0.1) is 6.26 Å². The molecule has 0 aromatic carbocycles. The highest BCUT2D eigenvalue weighted by molar-refractivity contribution is 7.88. The fourth-order valence-electron chi connectivity index (χ4n) is 1.56.